The van der Waals surface area contributed by atoms with Gasteiger partial charge in [0, 0.05) is 19.3 Å². The van der Waals surface area contributed by atoms with Crippen molar-refractivity contribution in [2.75, 3.05) is 19.8 Å². The Bertz CT molecular complexity index is 115. The van der Waals surface area contributed by atoms with E-state index in [1.165, 1.54) is 6.42 Å². The van der Waals surface area contributed by atoms with Crippen LogP contribution in [-0.4, -0.2) is 25.8 Å². The van der Waals surface area contributed by atoms with Crippen LogP contribution in [0.3, 0.4) is 0 Å². The molecular weight excluding hydrogens is 162 g/mol. The zero-order valence-electron chi connectivity index (χ0n) is 9.01. The van der Waals surface area contributed by atoms with Crippen molar-refractivity contribution < 1.29 is 4.74 Å². The van der Waals surface area contributed by atoms with Crippen LogP contribution >= 0.6 is 0 Å². The molecule has 1 N–H and O–H groups in total. The lowest BCUT2D eigenvalue weighted by molar-refractivity contribution is 0.128. The average Bonchev–Trinajstić information content (AvgIpc) is 2.17. The van der Waals surface area contributed by atoms with Crippen LogP contribution in [0.15, 0.2) is 12.7 Å². The molecule has 0 saturated heterocycles. The summed E-state index contributed by atoms with van der Waals surface area (Å²) in [6.45, 7) is 10.9. The summed E-state index contributed by atoms with van der Waals surface area (Å²) in [4.78, 5) is 0. The standard InChI is InChI=1S/C11H23NO/c1-4-8-12-11(6-3)7-10-13-9-5-2/h6,11-12H,3-5,7-10H2,1-2H3. The summed E-state index contributed by atoms with van der Waals surface area (Å²) in [7, 11) is 0. The lowest BCUT2D eigenvalue weighted by atomic mass is 10.2. The number of ether oxygens (including phenoxy) is 1. The lowest BCUT2D eigenvalue weighted by Gasteiger charge is -2.13. The Kier molecular flexibility index (Phi) is 9.49. The van der Waals surface area contributed by atoms with Crippen LogP contribution in [-0.2, 0) is 4.74 Å². The molecule has 0 aromatic heterocycles. The topological polar surface area (TPSA) is 21.3 Å². The second-order valence-corrected chi connectivity index (χ2v) is 3.20. The predicted octanol–water partition coefficient (Wildman–Crippen LogP) is 2.36. The third kappa shape index (κ3) is 8.00. The van der Waals surface area contributed by atoms with E-state index >= 15 is 0 Å². The zero-order valence-corrected chi connectivity index (χ0v) is 9.01. The molecule has 13 heavy (non-hydrogen) atoms. The number of rotatable bonds is 9. The molecule has 0 spiro atoms. The molecule has 0 amide bonds. The molecule has 0 aliphatic rings. The van der Waals surface area contributed by atoms with Crippen molar-refractivity contribution in [2.45, 2.75) is 39.2 Å². The number of nitrogens with one attached hydrogen (secondary N) is 1. The molecule has 0 aliphatic heterocycles. The molecule has 0 bridgehead atoms. The largest absolute Gasteiger partial charge is 0.381 e. The Morgan fingerprint density at radius 2 is 2.08 bits per heavy atom. The van der Waals surface area contributed by atoms with Crippen LogP contribution in [0.1, 0.15) is 33.1 Å². The van der Waals surface area contributed by atoms with Crippen molar-refractivity contribution in [1.82, 2.24) is 5.32 Å². The molecular formula is C11H23NO. The van der Waals surface area contributed by atoms with Crippen LogP contribution in [0.2, 0.25) is 0 Å². The minimum absolute atomic E-state index is 0.414. The second-order valence-electron chi connectivity index (χ2n) is 3.20. The molecule has 0 aromatic rings. The molecule has 0 aromatic carbocycles. The first-order chi connectivity index (χ1) is 6.35. The van der Waals surface area contributed by atoms with Gasteiger partial charge in [0.1, 0.15) is 0 Å². The van der Waals surface area contributed by atoms with Crippen molar-refractivity contribution in [3.63, 3.8) is 0 Å². The van der Waals surface area contributed by atoms with Crippen LogP contribution in [0.5, 0.6) is 0 Å². The molecule has 0 heterocycles. The fourth-order valence-electron chi connectivity index (χ4n) is 1.09. The summed E-state index contributed by atoms with van der Waals surface area (Å²) < 4.78 is 5.41. The average molecular weight is 185 g/mol. The molecule has 78 valence electrons. The Morgan fingerprint density at radius 1 is 1.31 bits per heavy atom. The first-order valence-electron chi connectivity index (χ1n) is 5.28. The molecule has 2 heteroatoms. The minimum Gasteiger partial charge on any atom is -0.381 e. The van der Waals surface area contributed by atoms with Gasteiger partial charge in [-0.15, -0.1) is 6.58 Å². The molecule has 0 fully saturated rings. The minimum atomic E-state index is 0.414. The van der Waals surface area contributed by atoms with Gasteiger partial charge in [0.25, 0.3) is 0 Å². The summed E-state index contributed by atoms with van der Waals surface area (Å²) in [5.74, 6) is 0. The maximum Gasteiger partial charge on any atom is 0.0483 e. The monoisotopic (exact) mass is 185 g/mol. The summed E-state index contributed by atoms with van der Waals surface area (Å²) in [5, 5.41) is 3.40. The Morgan fingerprint density at radius 3 is 2.62 bits per heavy atom. The van der Waals surface area contributed by atoms with Crippen molar-refractivity contribution in [2.24, 2.45) is 0 Å². The van der Waals surface area contributed by atoms with Crippen molar-refractivity contribution in [1.29, 1.82) is 0 Å². The zero-order chi connectivity index (χ0) is 9.94. The van der Waals surface area contributed by atoms with E-state index in [0.717, 1.165) is 32.6 Å². The van der Waals surface area contributed by atoms with Crippen molar-refractivity contribution >= 4 is 0 Å². The van der Waals surface area contributed by atoms with E-state index < -0.39 is 0 Å². The van der Waals surface area contributed by atoms with E-state index in [-0.39, 0.29) is 0 Å². The van der Waals surface area contributed by atoms with Gasteiger partial charge in [-0.25, -0.2) is 0 Å². The van der Waals surface area contributed by atoms with E-state index in [2.05, 4.69) is 25.7 Å². The van der Waals surface area contributed by atoms with Gasteiger partial charge in [-0.3, -0.25) is 0 Å². The first kappa shape index (κ1) is 12.7. The maximum atomic E-state index is 5.41. The SMILES string of the molecule is C=CC(CCOCCC)NCCC. The summed E-state index contributed by atoms with van der Waals surface area (Å²) in [6.07, 6.45) is 5.26. The van der Waals surface area contributed by atoms with Gasteiger partial charge in [-0.2, -0.15) is 0 Å². The van der Waals surface area contributed by atoms with E-state index in [1.807, 2.05) is 6.08 Å². The quantitative estimate of drug-likeness (QED) is 0.440. The second kappa shape index (κ2) is 9.75. The van der Waals surface area contributed by atoms with Crippen LogP contribution < -0.4 is 5.32 Å². The van der Waals surface area contributed by atoms with Gasteiger partial charge in [0.05, 0.1) is 0 Å². The summed E-state index contributed by atoms with van der Waals surface area (Å²) in [5.41, 5.74) is 0. The first-order valence-corrected chi connectivity index (χ1v) is 5.28. The third-order valence-corrected chi connectivity index (χ3v) is 1.86. The van der Waals surface area contributed by atoms with Crippen LogP contribution in [0.4, 0.5) is 0 Å². The normalized spacial score (nSPS) is 12.8. The van der Waals surface area contributed by atoms with Gasteiger partial charge < -0.3 is 10.1 Å². The molecule has 0 rings (SSSR count). The Balaban J connectivity index is 3.31. The molecule has 0 aliphatic carbocycles. The third-order valence-electron chi connectivity index (χ3n) is 1.86. The van der Waals surface area contributed by atoms with Crippen molar-refractivity contribution in [3.05, 3.63) is 12.7 Å². The van der Waals surface area contributed by atoms with E-state index in [9.17, 15) is 0 Å². The van der Waals surface area contributed by atoms with Gasteiger partial charge in [-0.1, -0.05) is 19.9 Å². The highest BCUT2D eigenvalue weighted by molar-refractivity contribution is 4.84. The predicted molar refractivity (Wildman–Crippen MR) is 58.0 cm³/mol. The van der Waals surface area contributed by atoms with Crippen molar-refractivity contribution in [3.8, 4) is 0 Å². The maximum absolute atomic E-state index is 5.41. The van der Waals surface area contributed by atoms with Gasteiger partial charge in [0.15, 0.2) is 0 Å². The van der Waals surface area contributed by atoms with E-state index in [0.29, 0.717) is 6.04 Å². The summed E-state index contributed by atoms with van der Waals surface area (Å²) >= 11 is 0. The molecule has 2 nitrogen and oxygen atoms in total. The molecule has 0 radical (unpaired) electrons. The highest BCUT2D eigenvalue weighted by Gasteiger charge is 2.01. The van der Waals surface area contributed by atoms with Gasteiger partial charge in [-0.05, 0) is 25.8 Å². The summed E-state index contributed by atoms with van der Waals surface area (Å²) in [6, 6.07) is 0.414. The smallest absolute Gasteiger partial charge is 0.0483 e. The fourth-order valence-corrected chi connectivity index (χ4v) is 1.09. The molecule has 1 unspecified atom stereocenters. The highest BCUT2D eigenvalue weighted by atomic mass is 16.5. The highest BCUT2D eigenvalue weighted by Crippen LogP contribution is 1.95. The Labute approximate surface area is 82.4 Å². The van der Waals surface area contributed by atoms with Gasteiger partial charge in [0.2, 0.25) is 0 Å². The Hall–Kier alpha value is -0.340. The molecule has 1 atom stereocenters. The van der Waals surface area contributed by atoms with Crippen LogP contribution in [0.25, 0.3) is 0 Å². The van der Waals surface area contributed by atoms with E-state index in [4.69, 9.17) is 4.74 Å². The number of hydrogen-bond acceptors (Lipinski definition) is 2. The fraction of sp³-hybridized carbons (Fsp3) is 0.818. The molecule has 0 saturated carbocycles. The van der Waals surface area contributed by atoms with E-state index in [1.54, 1.807) is 0 Å². The number of hydrogen-bond donors (Lipinski definition) is 1. The van der Waals surface area contributed by atoms with Crippen LogP contribution in [0, 0.1) is 0 Å². The lowest BCUT2D eigenvalue weighted by Crippen LogP contribution is -2.28. The van der Waals surface area contributed by atoms with Gasteiger partial charge >= 0.3 is 0 Å².